The second-order valence-corrected chi connectivity index (χ2v) is 6.99. The van der Waals surface area contributed by atoms with Crippen molar-refractivity contribution in [2.75, 3.05) is 30.9 Å². The van der Waals surface area contributed by atoms with E-state index in [1.165, 1.54) is 18.3 Å². The molecule has 2 amide bonds. The molecule has 0 aliphatic rings. The maximum absolute atomic E-state index is 14.6. The zero-order valence-corrected chi connectivity index (χ0v) is 17.3. The van der Waals surface area contributed by atoms with Crippen LogP contribution in [-0.2, 0) is 0 Å². The Kier molecular flexibility index (Phi) is 5.44. The lowest BCUT2D eigenvalue weighted by molar-refractivity contribution is 0.252. The fraction of sp³-hybridized carbons (Fsp3) is 0.190. The van der Waals surface area contributed by atoms with Gasteiger partial charge >= 0.3 is 6.03 Å². The monoisotopic (exact) mass is 420 g/mol. The van der Waals surface area contributed by atoms with E-state index in [9.17, 15) is 9.18 Å². The van der Waals surface area contributed by atoms with Crippen LogP contribution < -0.4 is 15.5 Å². The summed E-state index contributed by atoms with van der Waals surface area (Å²) in [6.45, 7) is 2.29. The molecule has 0 saturated carbocycles. The molecule has 4 aromatic rings. The van der Waals surface area contributed by atoms with Crippen LogP contribution >= 0.6 is 0 Å². The highest BCUT2D eigenvalue weighted by molar-refractivity contribution is 5.98. The number of pyridine rings is 1. The summed E-state index contributed by atoms with van der Waals surface area (Å²) in [5.41, 5.74) is 3.27. The largest absolute Gasteiger partial charge is 0.347 e. The molecule has 158 valence electrons. The van der Waals surface area contributed by atoms with Crippen LogP contribution in [0.2, 0.25) is 0 Å². The topological polar surface area (TPSA) is 112 Å². The number of anilines is 2. The number of aromatic amines is 1. The van der Waals surface area contributed by atoms with Crippen LogP contribution in [0.3, 0.4) is 0 Å². The molecular weight excluding hydrogens is 399 g/mol. The summed E-state index contributed by atoms with van der Waals surface area (Å²) in [4.78, 5) is 34.1. The molecule has 0 spiro atoms. The molecule has 10 heteroatoms. The van der Waals surface area contributed by atoms with E-state index in [1.807, 2.05) is 27.1 Å². The molecule has 4 rings (SSSR count). The van der Waals surface area contributed by atoms with Crippen molar-refractivity contribution in [2.24, 2.45) is 0 Å². The Bertz CT molecular complexity index is 1240. The van der Waals surface area contributed by atoms with E-state index in [2.05, 4.69) is 35.6 Å². The SMILES string of the molecule is CCNC(=O)Nc1nc2cc(-c3cnc(N(C)C)nc3)cc(-c3ncccc3F)c2[nH]1. The average Bonchev–Trinajstić information content (AvgIpc) is 3.16. The number of H-pyrrole nitrogens is 1. The molecule has 31 heavy (non-hydrogen) atoms. The normalized spacial score (nSPS) is 10.8. The van der Waals surface area contributed by atoms with Crippen molar-refractivity contribution in [3.05, 3.63) is 48.7 Å². The third kappa shape index (κ3) is 4.13. The molecule has 3 N–H and O–H groups in total. The lowest BCUT2D eigenvalue weighted by Crippen LogP contribution is -2.28. The molecule has 0 fully saturated rings. The number of nitrogens with one attached hydrogen (secondary N) is 3. The van der Waals surface area contributed by atoms with Gasteiger partial charge in [0.15, 0.2) is 0 Å². The van der Waals surface area contributed by atoms with Crippen LogP contribution in [0.1, 0.15) is 6.92 Å². The Hall–Kier alpha value is -4.08. The van der Waals surface area contributed by atoms with Gasteiger partial charge in [0.1, 0.15) is 11.5 Å². The third-order valence-corrected chi connectivity index (χ3v) is 4.55. The van der Waals surface area contributed by atoms with Crippen molar-refractivity contribution in [3.63, 3.8) is 0 Å². The smallest absolute Gasteiger partial charge is 0.321 e. The molecule has 0 unspecified atom stereocenters. The van der Waals surface area contributed by atoms with E-state index in [-0.39, 0.29) is 17.7 Å². The molecule has 0 aliphatic heterocycles. The predicted molar refractivity (Wildman–Crippen MR) is 117 cm³/mol. The van der Waals surface area contributed by atoms with Crippen molar-refractivity contribution in [1.29, 1.82) is 0 Å². The minimum Gasteiger partial charge on any atom is -0.347 e. The summed E-state index contributed by atoms with van der Waals surface area (Å²) in [6, 6.07) is 6.12. The second kappa shape index (κ2) is 8.34. The molecule has 0 atom stereocenters. The fourth-order valence-corrected chi connectivity index (χ4v) is 3.12. The number of urea groups is 1. The first kappa shape index (κ1) is 20.2. The molecule has 0 aliphatic carbocycles. The number of fused-ring (bicyclic) bond motifs is 1. The zero-order chi connectivity index (χ0) is 22.0. The molecule has 0 saturated heterocycles. The molecule has 3 aromatic heterocycles. The Labute approximate surface area is 177 Å². The first-order chi connectivity index (χ1) is 15.0. The van der Waals surface area contributed by atoms with Gasteiger partial charge in [-0.15, -0.1) is 0 Å². The summed E-state index contributed by atoms with van der Waals surface area (Å²) in [7, 11) is 3.71. The molecule has 9 nitrogen and oxygen atoms in total. The van der Waals surface area contributed by atoms with Gasteiger partial charge in [0.2, 0.25) is 11.9 Å². The van der Waals surface area contributed by atoms with Gasteiger partial charge in [-0.25, -0.2) is 24.1 Å². The molecule has 3 heterocycles. The van der Waals surface area contributed by atoms with E-state index < -0.39 is 5.82 Å². The number of benzene rings is 1. The highest BCUT2D eigenvalue weighted by atomic mass is 19.1. The quantitative estimate of drug-likeness (QED) is 0.456. The van der Waals surface area contributed by atoms with Gasteiger partial charge in [-0.1, -0.05) is 0 Å². The average molecular weight is 420 g/mol. The number of halogens is 1. The number of carbonyl (C=O) groups is 1. The first-order valence-corrected chi connectivity index (χ1v) is 9.65. The molecular formula is C21H21FN8O. The van der Waals surface area contributed by atoms with Gasteiger partial charge in [-0.05, 0) is 36.8 Å². The van der Waals surface area contributed by atoms with E-state index >= 15 is 0 Å². The van der Waals surface area contributed by atoms with Crippen molar-refractivity contribution in [1.82, 2.24) is 30.2 Å². The van der Waals surface area contributed by atoms with Crippen molar-refractivity contribution < 1.29 is 9.18 Å². The Balaban J connectivity index is 1.86. The minimum absolute atomic E-state index is 0.174. The van der Waals surface area contributed by atoms with Gasteiger partial charge < -0.3 is 15.2 Å². The Morgan fingerprint density at radius 1 is 1.16 bits per heavy atom. The highest BCUT2D eigenvalue weighted by Crippen LogP contribution is 2.33. The van der Waals surface area contributed by atoms with E-state index in [0.29, 0.717) is 29.1 Å². The number of rotatable bonds is 5. The van der Waals surface area contributed by atoms with Crippen LogP contribution in [0.5, 0.6) is 0 Å². The van der Waals surface area contributed by atoms with Crippen molar-refractivity contribution >= 4 is 29.0 Å². The van der Waals surface area contributed by atoms with Gasteiger partial charge in [0, 0.05) is 50.4 Å². The van der Waals surface area contributed by atoms with E-state index in [1.54, 1.807) is 23.4 Å². The first-order valence-electron chi connectivity index (χ1n) is 9.65. The maximum atomic E-state index is 14.6. The number of hydrogen-bond acceptors (Lipinski definition) is 6. The van der Waals surface area contributed by atoms with Crippen LogP contribution in [-0.4, -0.2) is 51.6 Å². The summed E-state index contributed by atoms with van der Waals surface area (Å²) < 4.78 is 14.6. The Morgan fingerprint density at radius 2 is 1.94 bits per heavy atom. The van der Waals surface area contributed by atoms with Crippen LogP contribution in [0.4, 0.5) is 21.1 Å². The molecule has 0 bridgehead atoms. The van der Waals surface area contributed by atoms with Crippen molar-refractivity contribution in [3.8, 4) is 22.4 Å². The minimum atomic E-state index is -0.465. The predicted octanol–water partition coefficient (Wildman–Crippen LogP) is 3.43. The van der Waals surface area contributed by atoms with Gasteiger partial charge in [-0.3, -0.25) is 10.3 Å². The van der Waals surface area contributed by atoms with Gasteiger partial charge in [0.05, 0.1) is 11.0 Å². The summed E-state index contributed by atoms with van der Waals surface area (Å²) in [5, 5.41) is 5.29. The zero-order valence-electron chi connectivity index (χ0n) is 17.3. The van der Waals surface area contributed by atoms with Crippen LogP contribution in [0, 0.1) is 5.82 Å². The number of nitrogens with zero attached hydrogens (tertiary/aromatic N) is 5. The highest BCUT2D eigenvalue weighted by Gasteiger charge is 2.17. The summed E-state index contributed by atoms with van der Waals surface area (Å²) in [6.07, 6.45) is 4.92. The second-order valence-electron chi connectivity index (χ2n) is 6.99. The third-order valence-electron chi connectivity index (χ3n) is 4.55. The number of imidazole rings is 1. The lowest BCUT2D eigenvalue weighted by atomic mass is 10.0. The molecule has 1 aromatic carbocycles. The lowest BCUT2D eigenvalue weighted by Gasteiger charge is -2.11. The van der Waals surface area contributed by atoms with E-state index in [4.69, 9.17) is 0 Å². The number of carbonyl (C=O) groups excluding carboxylic acids is 1. The van der Waals surface area contributed by atoms with Crippen molar-refractivity contribution in [2.45, 2.75) is 6.92 Å². The number of hydrogen-bond donors (Lipinski definition) is 3. The molecule has 0 radical (unpaired) electrons. The number of aromatic nitrogens is 5. The van der Waals surface area contributed by atoms with Crippen LogP contribution in [0.25, 0.3) is 33.4 Å². The standard InChI is InChI=1S/C21H21FN8O/c1-4-23-21(31)29-19-27-16-9-12(13-10-25-20(26-11-13)30(2)3)8-14(18(16)28-19)17-15(22)6-5-7-24-17/h5-11H,4H2,1-3H3,(H3,23,27,28,29,31). The fourth-order valence-electron chi connectivity index (χ4n) is 3.12. The number of amides is 2. The van der Waals surface area contributed by atoms with Gasteiger partial charge in [0.25, 0.3) is 0 Å². The summed E-state index contributed by atoms with van der Waals surface area (Å²) in [5.74, 6) is 0.358. The maximum Gasteiger partial charge on any atom is 0.321 e. The Morgan fingerprint density at radius 3 is 2.61 bits per heavy atom. The van der Waals surface area contributed by atoms with E-state index in [0.717, 1.165) is 11.1 Å². The van der Waals surface area contributed by atoms with Crippen LogP contribution in [0.15, 0.2) is 42.9 Å². The van der Waals surface area contributed by atoms with Gasteiger partial charge in [-0.2, -0.15) is 0 Å². The summed E-state index contributed by atoms with van der Waals surface area (Å²) >= 11 is 0.